The van der Waals surface area contributed by atoms with Crippen LogP contribution in [0.2, 0.25) is 0 Å². The molecule has 26 heavy (non-hydrogen) atoms. The van der Waals surface area contributed by atoms with Gasteiger partial charge in [-0.25, -0.2) is 4.98 Å². The number of rotatable bonds is 6. The van der Waals surface area contributed by atoms with Crippen molar-refractivity contribution < 1.29 is 14.2 Å². The van der Waals surface area contributed by atoms with Gasteiger partial charge in [0.05, 0.1) is 13.7 Å². The van der Waals surface area contributed by atoms with Crippen molar-refractivity contribution in [2.24, 2.45) is 0 Å². The molecule has 0 unspecified atom stereocenters. The van der Waals surface area contributed by atoms with Gasteiger partial charge in [0.15, 0.2) is 0 Å². The second kappa shape index (κ2) is 7.79. The van der Waals surface area contributed by atoms with Crippen molar-refractivity contribution in [2.75, 3.05) is 26.9 Å². The lowest BCUT2D eigenvalue weighted by molar-refractivity contribution is 0.0836. The Bertz CT molecular complexity index is 851. The molecular formula is C21H24N2O3. The van der Waals surface area contributed by atoms with Crippen LogP contribution in [0.1, 0.15) is 24.5 Å². The SMILES string of the molecule is COc1ccc(OCCn2c(C3CCOCC3)cc3cccnc32)cc1. The maximum absolute atomic E-state index is 5.94. The van der Waals surface area contributed by atoms with Crippen molar-refractivity contribution in [1.29, 1.82) is 0 Å². The first-order chi connectivity index (χ1) is 12.8. The third kappa shape index (κ3) is 3.53. The van der Waals surface area contributed by atoms with Gasteiger partial charge in [0.1, 0.15) is 23.8 Å². The summed E-state index contributed by atoms with van der Waals surface area (Å²) in [6, 6.07) is 14.1. The molecule has 0 amide bonds. The number of aromatic nitrogens is 2. The van der Waals surface area contributed by atoms with Crippen LogP contribution in [0, 0.1) is 0 Å². The highest BCUT2D eigenvalue weighted by molar-refractivity contribution is 5.77. The van der Waals surface area contributed by atoms with E-state index in [2.05, 4.69) is 21.7 Å². The molecule has 1 aliphatic heterocycles. The van der Waals surface area contributed by atoms with Crippen LogP contribution in [0.15, 0.2) is 48.7 Å². The van der Waals surface area contributed by atoms with E-state index in [4.69, 9.17) is 14.2 Å². The Labute approximate surface area is 153 Å². The van der Waals surface area contributed by atoms with Crippen molar-refractivity contribution in [1.82, 2.24) is 9.55 Å². The lowest BCUT2D eigenvalue weighted by Crippen LogP contribution is -2.19. The van der Waals surface area contributed by atoms with Crippen LogP contribution in [0.25, 0.3) is 11.0 Å². The first-order valence-electron chi connectivity index (χ1n) is 9.14. The molecule has 0 N–H and O–H groups in total. The van der Waals surface area contributed by atoms with Gasteiger partial charge >= 0.3 is 0 Å². The highest BCUT2D eigenvalue weighted by atomic mass is 16.5. The summed E-state index contributed by atoms with van der Waals surface area (Å²) in [5, 5.41) is 1.19. The van der Waals surface area contributed by atoms with Gasteiger partial charge in [-0.15, -0.1) is 0 Å². The summed E-state index contributed by atoms with van der Waals surface area (Å²) >= 11 is 0. The third-order valence-corrected chi connectivity index (χ3v) is 4.97. The zero-order valence-electron chi connectivity index (χ0n) is 15.1. The van der Waals surface area contributed by atoms with E-state index in [0.29, 0.717) is 12.5 Å². The Hall–Kier alpha value is -2.53. The molecule has 4 rings (SSSR count). The smallest absolute Gasteiger partial charge is 0.140 e. The molecule has 1 saturated heterocycles. The van der Waals surface area contributed by atoms with Gasteiger partial charge in [-0.2, -0.15) is 0 Å². The summed E-state index contributed by atoms with van der Waals surface area (Å²) < 4.78 is 19.0. The van der Waals surface area contributed by atoms with Crippen molar-refractivity contribution >= 4 is 11.0 Å². The predicted molar refractivity (Wildman–Crippen MR) is 101 cm³/mol. The number of hydrogen-bond acceptors (Lipinski definition) is 4. The topological polar surface area (TPSA) is 45.5 Å². The Morgan fingerprint density at radius 1 is 1.12 bits per heavy atom. The van der Waals surface area contributed by atoms with Crippen LogP contribution in [-0.2, 0) is 11.3 Å². The molecule has 5 heteroatoms. The van der Waals surface area contributed by atoms with E-state index in [9.17, 15) is 0 Å². The number of benzene rings is 1. The van der Waals surface area contributed by atoms with Crippen LogP contribution in [0.3, 0.4) is 0 Å². The van der Waals surface area contributed by atoms with Crippen LogP contribution in [-0.4, -0.2) is 36.5 Å². The fourth-order valence-electron chi connectivity index (χ4n) is 3.60. The molecule has 0 radical (unpaired) electrons. The largest absolute Gasteiger partial charge is 0.497 e. The number of pyridine rings is 1. The minimum Gasteiger partial charge on any atom is -0.497 e. The highest BCUT2D eigenvalue weighted by Crippen LogP contribution is 2.31. The van der Waals surface area contributed by atoms with Crippen molar-refractivity contribution in [3.63, 3.8) is 0 Å². The molecular weight excluding hydrogens is 328 g/mol. The third-order valence-electron chi connectivity index (χ3n) is 4.97. The summed E-state index contributed by atoms with van der Waals surface area (Å²) in [5.41, 5.74) is 2.38. The highest BCUT2D eigenvalue weighted by Gasteiger charge is 2.21. The van der Waals surface area contributed by atoms with Crippen molar-refractivity contribution in [3.8, 4) is 11.5 Å². The zero-order valence-corrected chi connectivity index (χ0v) is 15.1. The predicted octanol–water partition coefficient (Wildman–Crippen LogP) is 4.02. The summed E-state index contributed by atoms with van der Waals surface area (Å²) in [4.78, 5) is 4.60. The monoisotopic (exact) mass is 352 g/mol. The molecule has 2 aromatic heterocycles. The van der Waals surface area contributed by atoms with E-state index in [-0.39, 0.29) is 0 Å². The normalized spacial score (nSPS) is 15.3. The average molecular weight is 352 g/mol. The standard InChI is InChI=1S/C21H24N2O3/c1-24-18-4-6-19(7-5-18)26-14-11-23-20(16-8-12-25-13-9-16)15-17-3-2-10-22-21(17)23/h2-7,10,15-16H,8-9,11-14H2,1H3. The van der Waals surface area contributed by atoms with Gasteiger partial charge in [0.25, 0.3) is 0 Å². The van der Waals surface area contributed by atoms with Gasteiger partial charge < -0.3 is 18.8 Å². The Morgan fingerprint density at radius 2 is 1.88 bits per heavy atom. The molecule has 3 heterocycles. The van der Waals surface area contributed by atoms with Crippen LogP contribution in [0.4, 0.5) is 0 Å². The summed E-state index contributed by atoms with van der Waals surface area (Å²) in [5.74, 6) is 2.21. The number of hydrogen-bond donors (Lipinski definition) is 0. The van der Waals surface area contributed by atoms with Crippen LogP contribution in [0.5, 0.6) is 11.5 Å². The van der Waals surface area contributed by atoms with Crippen molar-refractivity contribution in [3.05, 3.63) is 54.4 Å². The van der Waals surface area contributed by atoms with Gasteiger partial charge in [0, 0.05) is 36.4 Å². The summed E-state index contributed by atoms with van der Waals surface area (Å²) in [7, 11) is 1.66. The zero-order chi connectivity index (χ0) is 17.8. The van der Waals surface area contributed by atoms with E-state index in [1.165, 1.54) is 11.1 Å². The maximum atomic E-state index is 5.94. The molecule has 0 atom stereocenters. The van der Waals surface area contributed by atoms with E-state index in [0.717, 1.165) is 49.7 Å². The summed E-state index contributed by atoms with van der Waals surface area (Å²) in [6.07, 6.45) is 3.99. The Kier molecular flexibility index (Phi) is 5.07. The molecule has 1 fully saturated rings. The van der Waals surface area contributed by atoms with Gasteiger partial charge in [0.2, 0.25) is 0 Å². The lowest BCUT2D eigenvalue weighted by atomic mass is 9.96. The average Bonchev–Trinajstić information content (AvgIpc) is 3.08. The van der Waals surface area contributed by atoms with Gasteiger partial charge in [-0.3, -0.25) is 0 Å². The van der Waals surface area contributed by atoms with Gasteiger partial charge in [-0.05, 0) is 55.3 Å². The summed E-state index contributed by atoms with van der Waals surface area (Å²) in [6.45, 7) is 3.05. The Balaban J connectivity index is 1.52. The fourth-order valence-corrected chi connectivity index (χ4v) is 3.60. The molecule has 0 spiro atoms. The first-order valence-corrected chi connectivity index (χ1v) is 9.14. The fraction of sp³-hybridized carbons (Fsp3) is 0.381. The van der Waals surface area contributed by atoms with E-state index < -0.39 is 0 Å². The quantitative estimate of drug-likeness (QED) is 0.672. The molecule has 5 nitrogen and oxygen atoms in total. The molecule has 3 aromatic rings. The van der Waals surface area contributed by atoms with E-state index >= 15 is 0 Å². The molecule has 1 aromatic carbocycles. The maximum Gasteiger partial charge on any atom is 0.140 e. The molecule has 0 bridgehead atoms. The Morgan fingerprint density at radius 3 is 2.65 bits per heavy atom. The molecule has 136 valence electrons. The molecule has 0 saturated carbocycles. The number of fused-ring (bicyclic) bond motifs is 1. The van der Waals surface area contributed by atoms with E-state index in [1.807, 2.05) is 36.5 Å². The molecule has 0 aliphatic carbocycles. The van der Waals surface area contributed by atoms with Crippen molar-refractivity contribution in [2.45, 2.75) is 25.3 Å². The number of methoxy groups -OCH3 is 1. The van der Waals surface area contributed by atoms with Crippen LogP contribution < -0.4 is 9.47 Å². The minimum absolute atomic E-state index is 0.527. The second-order valence-electron chi connectivity index (χ2n) is 6.55. The van der Waals surface area contributed by atoms with E-state index in [1.54, 1.807) is 7.11 Å². The van der Waals surface area contributed by atoms with Gasteiger partial charge in [-0.1, -0.05) is 0 Å². The van der Waals surface area contributed by atoms with Crippen LogP contribution >= 0.6 is 0 Å². The number of ether oxygens (including phenoxy) is 3. The lowest BCUT2D eigenvalue weighted by Gasteiger charge is -2.24. The first kappa shape index (κ1) is 16.9. The second-order valence-corrected chi connectivity index (χ2v) is 6.55. The number of nitrogens with zero attached hydrogens (tertiary/aromatic N) is 2. The molecule has 1 aliphatic rings. The minimum atomic E-state index is 0.527.